The van der Waals surface area contributed by atoms with Crippen LogP contribution in [0.2, 0.25) is 0 Å². The maximum Gasteiger partial charge on any atom is 0.431 e. The summed E-state index contributed by atoms with van der Waals surface area (Å²) in [5.74, 6) is -0.598. The van der Waals surface area contributed by atoms with E-state index in [1.165, 1.54) is 23.1 Å². The van der Waals surface area contributed by atoms with Crippen LogP contribution in [-0.2, 0) is 16.2 Å². The highest BCUT2D eigenvalue weighted by Gasteiger charge is 2.33. The predicted octanol–water partition coefficient (Wildman–Crippen LogP) is 3.55. The van der Waals surface area contributed by atoms with Gasteiger partial charge in [-0.25, -0.2) is 9.18 Å². The summed E-state index contributed by atoms with van der Waals surface area (Å²) in [6, 6.07) is 16.8. The molecule has 208 valence electrons. The molecule has 0 saturated carbocycles. The largest absolute Gasteiger partial charge is 0.491 e. The Bertz CT molecular complexity index is 1450. The van der Waals surface area contributed by atoms with E-state index in [1.807, 2.05) is 31.2 Å². The first-order chi connectivity index (χ1) is 19.4. The van der Waals surface area contributed by atoms with Crippen molar-refractivity contribution < 1.29 is 33.5 Å². The number of para-hydroxylation sites is 3. The normalized spacial score (nSPS) is 14.6. The van der Waals surface area contributed by atoms with Crippen molar-refractivity contribution in [1.29, 1.82) is 0 Å². The fourth-order valence-electron chi connectivity index (χ4n) is 4.83. The molecule has 2 aliphatic rings. The van der Waals surface area contributed by atoms with Crippen molar-refractivity contribution in [2.75, 3.05) is 47.7 Å². The van der Waals surface area contributed by atoms with E-state index in [9.17, 15) is 23.9 Å². The molecule has 0 aliphatic carbocycles. The molecule has 0 spiro atoms. The number of fused-ring (bicyclic) bond motifs is 2. The quantitative estimate of drug-likeness (QED) is 0.485. The topological polar surface area (TPSA) is 112 Å². The van der Waals surface area contributed by atoms with Crippen molar-refractivity contribution in [3.8, 4) is 5.75 Å². The molecule has 10 nitrogen and oxygen atoms in total. The summed E-state index contributed by atoms with van der Waals surface area (Å²) in [6.07, 6.45) is -0.168. The Labute approximate surface area is 230 Å². The van der Waals surface area contributed by atoms with Gasteiger partial charge in [-0.05, 0) is 60.9 Å². The average Bonchev–Trinajstić information content (AvgIpc) is 3.16. The van der Waals surface area contributed by atoms with E-state index in [-0.39, 0.29) is 37.0 Å². The highest BCUT2D eigenvalue weighted by Crippen LogP contribution is 2.36. The molecule has 2 heterocycles. The van der Waals surface area contributed by atoms with Crippen LogP contribution in [0.1, 0.15) is 27.9 Å². The van der Waals surface area contributed by atoms with Gasteiger partial charge < -0.3 is 29.8 Å². The zero-order valence-electron chi connectivity index (χ0n) is 21.9. The Morgan fingerprint density at radius 1 is 1.10 bits per heavy atom. The molecular weight excluding hydrogens is 519 g/mol. The standard InChI is InChI=1S/C29H29FN4O6/c1-19-16-20(28(37)33-12-5-15-39-25-9-3-2-7-23(25)33)10-11-21(19)17-31-29(38)40-34-18-26(36)32(13-14-35)24-8-4-6-22(30)27(24)34/h2-4,6-11,16,35H,5,12-15,17-18H2,1H3,(H,31,38). The Balaban J connectivity index is 1.25. The first kappa shape index (κ1) is 26.9. The van der Waals surface area contributed by atoms with E-state index >= 15 is 0 Å². The number of aliphatic hydroxyl groups excluding tert-OH is 1. The highest BCUT2D eigenvalue weighted by atomic mass is 19.1. The number of hydroxylamine groups is 1. The molecule has 5 rings (SSSR count). The molecule has 0 atom stereocenters. The molecule has 2 N–H and O–H groups in total. The Morgan fingerprint density at radius 3 is 2.70 bits per heavy atom. The summed E-state index contributed by atoms with van der Waals surface area (Å²) in [6.45, 7) is 2.28. The van der Waals surface area contributed by atoms with Crippen LogP contribution in [0.15, 0.2) is 60.7 Å². The van der Waals surface area contributed by atoms with Crippen molar-refractivity contribution in [2.45, 2.75) is 19.9 Å². The number of carbonyl (C=O) groups is 3. The van der Waals surface area contributed by atoms with Crippen LogP contribution in [0.25, 0.3) is 0 Å². The monoisotopic (exact) mass is 548 g/mol. The molecule has 2 aliphatic heterocycles. The third-order valence-corrected chi connectivity index (χ3v) is 6.80. The maximum atomic E-state index is 14.7. The average molecular weight is 549 g/mol. The Hall–Kier alpha value is -4.64. The van der Waals surface area contributed by atoms with E-state index in [0.717, 1.165) is 21.9 Å². The lowest BCUT2D eigenvalue weighted by Crippen LogP contribution is -2.48. The molecule has 40 heavy (non-hydrogen) atoms. The number of aliphatic hydroxyl groups is 1. The summed E-state index contributed by atoms with van der Waals surface area (Å²) in [5, 5.41) is 12.8. The van der Waals surface area contributed by atoms with Crippen LogP contribution < -0.4 is 24.9 Å². The maximum absolute atomic E-state index is 14.7. The van der Waals surface area contributed by atoms with E-state index in [4.69, 9.17) is 9.57 Å². The van der Waals surface area contributed by atoms with Gasteiger partial charge in [0.15, 0.2) is 5.82 Å². The number of ether oxygens (including phenoxy) is 1. The number of β-amino-alcohol motifs (C(OH)–C–C–N with tert-alkyl or cyclic N) is 1. The van der Waals surface area contributed by atoms with Crippen molar-refractivity contribution in [2.24, 2.45) is 0 Å². The molecule has 0 radical (unpaired) electrons. The van der Waals surface area contributed by atoms with Gasteiger partial charge in [-0.2, -0.15) is 5.06 Å². The molecule has 0 unspecified atom stereocenters. The minimum Gasteiger partial charge on any atom is -0.491 e. The van der Waals surface area contributed by atoms with Gasteiger partial charge in [0.05, 0.1) is 24.6 Å². The van der Waals surface area contributed by atoms with Crippen LogP contribution >= 0.6 is 0 Å². The highest BCUT2D eigenvalue weighted by molar-refractivity contribution is 6.07. The summed E-state index contributed by atoms with van der Waals surface area (Å²) in [7, 11) is 0. The lowest BCUT2D eigenvalue weighted by Gasteiger charge is -2.35. The number of benzene rings is 3. The fraction of sp³-hybridized carbons (Fsp3) is 0.276. The lowest BCUT2D eigenvalue weighted by atomic mass is 10.0. The van der Waals surface area contributed by atoms with Gasteiger partial charge in [0.25, 0.3) is 5.91 Å². The van der Waals surface area contributed by atoms with Crippen molar-refractivity contribution >= 4 is 35.0 Å². The summed E-state index contributed by atoms with van der Waals surface area (Å²) >= 11 is 0. The van der Waals surface area contributed by atoms with E-state index < -0.39 is 24.4 Å². The van der Waals surface area contributed by atoms with Crippen LogP contribution in [0, 0.1) is 12.7 Å². The van der Waals surface area contributed by atoms with E-state index in [0.29, 0.717) is 30.9 Å². The molecule has 3 amide bonds. The molecule has 3 aromatic rings. The molecule has 0 fully saturated rings. The molecule has 3 aromatic carbocycles. The minimum atomic E-state index is -0.877. The first-order valence-corrected chi connectivity index (χ1v) is 12.9. The smallest absolute Gasteiger partial charge is 0.431 e. The first-order valence-electron chi connectivity index (χ1n) is 12.9. The zero-order valence-corrected chi connectivity index (χ0v) is 21.9. The van der Waals surface area contributed by atoms with Crippen molar-refractivity contribution in [1.82, 2.24) is 5.32 Å². The molecular formula is C29H29FN4O6. The van der Waals surface area contributed by atoms with E-state index in [1.54, 1.807) is 23.1 Å². The zero-order chi connectivity index (χ0) is 28.2. The SMILES string of the molecule is Cc1cc(C(=O)N2CCCOc3ccccc32)ccc1CNC(=O)ON1CC(=O)N(CCO)c2cccc(F)c21. The number of anilines is 3. The second kappa shape index (κ2) is 11.6. The number of nitrogens with zero attached hydrogens (tertiary/aromatic N) is 3. The molecule has 0 bridgehead atoms. The van der Waals surface area contributed by atoms with Gasteiger partial charge in [0.2, 0.25) is 5.91 Å². The van der Waals surface area contributed by atoms with Gasteiger partial charge in [-0.3, -0.25) is 9.59 Å². The number of hydrogen-bond acceptors (Lipinski definition) is 7. The second-order valence-electron chi connectivity index (χ2n) is 9.41. The Kier molecular flexibility index (Phi) is 7.83. The number of nitrogens with one attached hydrogen (secondary N) is 1. The molecule has 11 heteroatoms. The third-order valence-electron chi connectivity index (χ3n) is 6.80. The molecule has 0 saturated heterocycles. The van der Waals surface area contributed by atoms with Gasteiger partial charge in [0, 0.05) is 25.2 Å². The Morgan fingerprint density at radius 2 is 1.90 bits per heavy atom. The van der Waals surface area contributed by atoms with Gasteiger partial charge >= 0.3 is 6.09 Å². The van der Waals surface area contributed by atoms with Gasteiger partial charge in [0.1, 0.15) is 18.0 Å². The summed E-state index contributed by atoms with van der Waals surface area (Å²) < 4.78 is 20.4. The second-order valence-corrected chi connectivity index (χ2v) is 9.41. The van der Waals surface area contributed by atoms with Crippen LogP contribution in [0.4, 0.5) is 26.2 Å². The van der Waals surface area contributed by atoms with Gasteiger partial charge in [-0.1, -0.05) is 24.3 Å². The number of carbonyl (C=O) groups excluding carboxylic acids is 3. The predicted molar refractivity (Wildman–Crippen MR) is 146 cm³/mol. The lowest BCUT2D eigenvalue weighted by molar-refractivity contribution is -0.118. The summed E-state index contributed by atoms with van der Waals surface area (Å²) in [4.78, 5) is 46.8. The minimum absolute atomic E-state index is 0.00878. The van der Waals surface area contributed by atoms with Crippen molar-refractivity contribution in [3.05, 3.63) is 83.2 Å². The number of halogens is 1. The van der Waals surface area contributed by atoms with Crippen molar-refractivity contribution in [3.63, 3.8) is 0 Å². The fourth-order valence-corrected chi connectivity index (χ4v) is 4.83. The number of aryl methyl sites for hydroxylation is 1. The van der Waals surface area contributed by atoms with Gasteiger partial charge in [-0.15, -0.1) is 0 Å². The number of amides is 3. The number of hydrogen-bond donors (Lipinski definition) is 2. The molecule has 0 aromatic heterocycles. The van der Waals surface area contributed by atoms with E-state index in [2.05, 4.69) is 5.32 Å². The van der Waals surface area contributed by atoms with Crippen LogP contribution in [-0.4, -0.2) is 55.9 Å². The number of rotatable bonds is 6. The van der Waals surface area contributed by atoms with Crippen LogP contribution in [0.5, 0.6) is 5.75 Å². The summed E-state index contributed by atoms with van der Waals surface area (Å²) in [5.41, 5.74) is 2.91. The third kappa shape index (κ3) is 5.41. The van der Waals surface area contributed by atoms with Crippen LogP contribution in [0.3, 0.4) is 0 Å².